The van der Waals surface area contributed by atoms with E-state index < -0.39 is 64.5 Å². The molecule has 11 atom stereocenters. The molecule has 0 bridgehead atoms. The zero-order chi connectivity index (χ0) is 30.6. The van der Waals surface area contributed by atoms with E-state index in [1.807, 2.05) is 33.8 Å². The molecule has 228 valence electrons. The summed E-state index contributed by atoms with van der Waals surface area (Å²) >= 11 is 0. The second-order valence-electron chi connectivity index (χ2n) is 13.5. The second-order valence-corrected chi connectivity index (χ2v) is 13.5. The molecule has 0 aromatic rings. The van der Waals surface area contributed by atoms with Crippen LogP contribution in [0.3, 0.4) is 0 Å². The van der Waals surface area contributed by atoms with Gasteiger partial charge >= 0.3 is 18.1 Å². The third-order valence-electron chi connectivity index (χ3n) is 11.9. The Balaban J connectivity index is 1.39. The molecule has 1 spiro atoms. The molecule has 1 saturated heterocycles. The molecular formula is C32H40O10. The Labute approximate surface area is 245 Å². The molecular weight excluding hydrogens is 544 g/mol. The predicted octanol–water partition coefficient (Wildman–Crippen LogP) is 3.75. The van der Waals surface area contributed by atoms with Gasteiger partial charge in [-0.1, -0.05) is 25.0 Å². The molecule has 6 aliphatic rings. The predicted molar refractivity (Wildman–Crippen MR) is 147 cm³/mol. The number of allylic oxidation sites excluding steroid dienone is 1. The Morgan fingerprint density at radius 2 is 1.83 bits per heavy atom. The Bertz CT molecular complexity index is 1360. The number of fused-ring (bicyclic) bond motifs is 4. The zero-order valence-corrected chi connectivity index (χ0v) is 25.2. The van der Waals surface area contributed by atoms with E-state index in [0.717, 1.165) is 11.1 Å². The molecule has 2 aliphatic heterocycles. The van der Waals surface area contributed by atoms with Crippen LogP contribution in [0.1, 0.15) is 67.2 Å². The number of aliphatic hydroxyl groups is 1. The number of ether oxygens (including phenoxy) is 5. The SMILES string of the molecule is COC(=O)OC1C=CC(=O)C2(C)C3CCC4(C)C(C(C)C5CC(C)=C(C)C(=O)O5)=CC(OC(C)=O)C4(O)C3CC3OC132. The van der Waals surface area contributed by atoms with Crippen molar-refractivity contribution in [2.75, 3.05) is 7.11 Å². The first-order valence-electron chi connectivity index (χ1n) is 14.8. The molecule has 0 aromatic carbocycles. The van der Waals surface area contributed by atoms with Crippen molar-refractivity contribution in [3.8, 4) is 0 Å². The van der Waals surface area contributed by atoms with Gasteiger partial charge in [0.05, 0.1) is 18.6 Å². The number of rotatable bonds is 4. The number of carbonyl (C=O) groups is 4. The van der Waals surface area contributed by atoms with Crippen LogP contribution in [-0.2, 0) is 38.1 Å². The van der Waals surface area contributed by atoms with Crippen molar-refractivity contribution in [2.24, 2.45) is 28.6 Å². The van der Waals surface area contributed by atoms with Crippen LogP contribution in [0.15, 0.2) is 34.9 Å². The monoisotopic (exact) mass is 584 g/mol. The van der Waals surface area contributed by atoms with Crippen LogP contribution in [0, 0.1) is 28.6 Å². The number of carbonyl (C=O) groups excluding carboxylic acids is 4. The smallest absolute Gasteiger partial charge is 0.458 e. The van der Waals surface area contributed by atoms with Crippen LogP contribution in [0.4, 0.5) is 4.79 Å². The van der Waals surface area contributed by atoms with E-state index in [1.165, 1.54) is 20.1 Å². The van der Waals surface area contributed by atoms with Crippen LogP contribution in [0.2, 0.25) is 0 Å². The quantitative estimate of drug-likeness (QED) is 0.225. The fraction of sp³-hybridized carbons (Fsp3) is 0.688. The van der Waals surface area contributed by atoms with Crippen molar-refractivity contribution < 1.29 is 48.0 Å². The third-order valence-corrected chi connectivity index (χ3v) is 11.9. The van der Waals surface area contributed by atoms with E-state index in [9.17, 15) is 24.3 Å². The van der Waals surface area contributed by atoms with Crippen LogP contribution < -0.4 is 0 Å². The van der Waals surface area contributed by atoms with Gasteiger partial charge in [-0.3, -0.25) is 9.59 Å². The van der Waals surface area contributed by atoms with Crippen LogP contribution in [0.25, 0.3) is 0 Å². The number of ketones is 1. The third kappa shape index (κ3) is 3.51. The molecule has 3 fully saturated rings. The molecule has 0 aromatic heterocycles. The van der Waals surface area contributed by atoms with Crippen molar-refractivity contribution in [3.63, 3.8) is 0 Å². The van der Waals surface area contributed by atoms with Crippen molar-refractivity contribution in [2.45, 2.75) is 103 Å². The summed E-state index contributed by atoms with van der Waals surface area (Å²) in [5, 5.41) is 13.0. The summed E-state index contributed by atoms with van der Waals surface area (Å²) in [4.78, 5) is 50.9. The average Bonchev–Trinajstić information content (AvgIpc) is 3.63. The summed E-state index contributed by atoms with van der Waals surface area (Å²) in [6.45, 7) is 10.8. The fourth-order valence-electron chi connectivity index (χ4n) is 9.40. The number of esters is 2. The normalized spacial score (nSPS) is 45.9. The molecule has 1 N–H and O–H groups in total. The molecule has 11 unspecified atom stereocenters. The highest BCUT2D eigenvalue weighted by molar-refractivity contribution is 5.98. The summed E-state index contributed by atoms with van der Waals surface area (Å²) in [6.07, 6.45) is 3.38. The van der Waals surface area contributed by atoms with Crippen LogP contribution in [0.5, 0.6) is 0 Å². The summed E-state index contributed by atoms with van der Waals surface area (Å²) in [6, 6.07) is 0. The van der Waals surface area contributed by atoms with Gasteiger partial charge in [0.1, 0.15) is 23.4 Å². The van der Waals surface area contributed by atoms with Gasteiger partial charge in [0.2, 0.25) is 0 Å². The molecule has 10 nitrogen and oxygen atoms in total. The summed E-state index contributed by atoms with van der Waals surface area (Å²) in [7, 11) is 1.23. The summed E-state index contributed by atoms with van der Waals surface area (Å²) in [5.41, 5.74) is -2.06. The van der Waals surface area contributed by atoms with Crippen molar-refractivity contribution in [1.29, 1.82) is 0 Å². The van der Waals surface area contributed by atoms with Crippen molar-refractivity contribution in [3.05, 3.63) is 34.9 Å². The fourth-order valence-corrected chi connectivity index (χ4v) is 9.40. The van der Waals surface area contributed by atoms with Gasteiger partial charge in [0.15, 0.2) is 11.9 Å². The van der Waals surface area contributed by atoms with Gasteiger partial charge in [0, 0.05) is 30.3 Å². The first-order valence-corrected chi connectivity index (χ1v) is 14.8. The molecule has 2 saturated carbocycles. The highest BCUT2D eigenvalue weighted by atomic mass is 16.7. The molecule has 4 aliphatic carbocycles. The van der Waals surface area contributed by atoms with Gasteiger partial charge in [-0.15, -0.1) is 0 Å². The number of hydrogen-bond acceptors (Lipinski definition) is 10. The minimum atomic E-state index is -1.55. The largest absolute Gasteiger partial charge is 0.508 e. The van der Waals surface area contributed by atoms with Gasteiger partial charge in [-0.25, -0.2) is 9.59 Å². The first-order chi connectivity index (χ1) is 19.7. The maximum absolute atomic E-state index is 13.8. The molecule has 10 heteroatoms. The Morgan fingerprint density at radius 3 is 2.48 bits per heavy atom. The Morgan fingerprint density at radius 1 is 1.12 bits per heavy atom. The van der Waals surface area contributed by atoms with E-state index >= 15 is 0 Å². The number of methoxy groups -OCH3 is 1. The topological polar surface area (TPSA) is 138 Å². The van der Waals surface area contributed by atoms with Gasteiger partial charge in [0.25, 0.3) is 0 Å². The van der Waals surface area contributed by atoms with E-state index in [-0.39, 0.29) is 23.6 Å². The van der Waals surface area contributed by atoms with Gasteiger partial charge in [-0.05, 0) is 70.1 Å². The van der Waals surface area contributed by atoms with Crippen LogP contribution >= 0.6 is 0 Å². The summed E-state index contributed by atoms with van der Waals surface area (Å²) in [5.74, 6) is -2.09. The molecule has 2 heterocycles. The molecule has 42 heavy (non-hydrogen) atoms. The molecule has 6 rings (SSSR count). The molecule has 0 radical (unpaired) electrons. The average molecular weight is 585 g/mol. The Kier molecular flexibility index (Phi) is 6.42. The van der Waals surface area contributed by atoms with Crippen LogP contribution in [-0.4, -0.2) is 71.7 Å². The maximum Gasteiger partial charge on any atom is 0.508 e. The molecule has 0 amide bonds. The lowest BCUT2D eigenvalue weighted by Crippen LogP contribution is -2.70. The van der Waals surface area contributed by atoms with E-state index in [2.05, 4.69) is 0 Å². The van der Waals surface area contributed by atoms with E-state index in [0.29, 0.717) is 31.3 Å². The number of epoxide rings is 1. The van der Waals surface area contributed by atoms with Gasteiger partial charge in [-0.2, -0.15) is 0 Å². The highest BCUT2D eigenvalue weighted by Crippen LogP contribution is 2.74. The van der Waals surface area contributed by atoms with Crippen molar-refractivity contribution >= 4 is 23.9 Å². The van der Waals surface area contributed by atoms with E-state index in [1.54, 1.807) is 13.0 Å². The number of hydrogen-bond donors (Lipinski definition) is 1. The summed E-state index contributed by atoms with van der Waals surface area (Å²) < 4.78 is 28.4. The zero-order valence-electron chi connectivity index (χ0n) is 25.2. The lowest BCUT2D eigenvalue weighted by atomic mass is 9.42. The maximum atomic E-state index is 13.8. The van der Waals surface area contributed by atoms with E-state index in [4.69, 9.17) is 23.7 Å². The lowest BCUT2D eigenvalue weighted by molar-refractivity contribution is -0.224. The lowest BCUT2D eigenvalue weighted by Gasteiger charge is -2.61. The second kappa shape index (κ2) is 9.26. The minimum Gasteiger partial charge on any atom is -0.458 e. The standard InChI is InChI=1S/C32H40O10/c1-15-12-22(40-27(35)16(15)2)17(3)20-13-25(39-18(4)33)31(37)21-14-26-32(42-26)24(41-28(36)38-7)9-8-23(34)30(32,6)19(21)10-11-29(20,31)5/h8-9,13,17,19,21-22,24-26,37H,10-12,14H2,1-7H3. The highest BCUT2D eigenvalue weighted by Gasteiger charge is 2.83. The minimum absolute atomic E-state index is 0.146. The number of cyclic esters (lactones) is 1. The first kappa shape index (κ1) is 29.1. The van der Waals surface area contributed by atoms with Crippen molar-refractivity contribution in [1.82, 2.24) is 0 Å². The Hall–Kier alpha value is -2.98. The van der Waals surface area contributed by atoms with Gasteiger partial charge < -0.3 is 28.8 Å².